The molecule has 0 spiro atoms. The van der Waals surface area contributed by atoms with E-state index < -0.39 is 5.60 Å². The van der Waals surface area contributed by atoms with Crippen molar-refractivity contribution < 1.29 is 14.6 Å². The van der Waals surface area contributed by atoms with Crippen LogP contribution >= 0.6 is 0 Å². The average molecular weight is 343 g/mol. The van der Waals surface area contributed by atoms with Gasteiger partial charge in [0.2, 0.25) is 0 Å². The standard InChI is InChI=1S/C19H25N3O3/c1-14-4-5-17(21-12-14)19(23)7-10-22(11-8-19)13-15-18(25-3)16(24-2)6-9-20-15/h4-6,9,12,23H,7-8,10-11,13H2,1-3H3. The van der Waals surface area contributed by atoms with Gasteiger partial charge in [0.1, 0.15) is 11.3 Å². The van der Waals surface area contributed by atoms with Crippen molar-refractivity contribution in [2.45, 2.75) is 31.9 Å². The molecule has 2 aromatic rings. The summed E-state index contributed by atoms with van der Waals surface area (Å²) in [5.74, 6) is 1.36. The summed E-state index contributed by atoms with van der Waals surface area (Å²) < 4.78 is 10.8. The van der Waals surface area contributed by atoms with Crippen LogP contribution in [0.2, 0.25) is 0 Å². The molecular formula is C19H25N3O3. The van der Waals surface area contributed by atoms with Crippen molar-refractivity contribution in [3.8, 4) is 11.5 Å². The molecule has 0 bridgehead atoms. The van der Waals surface area contributed by atoms with Gasteiger partial charge in [0.15, 0.2) is 11.5 Å². The van der Waals surface area contributed by atoms with E-state index in [2.05, 4.69) is 14.9 Å². The van der Waals surface area contributed by atoms with Gasteiger partial charge in [-0.25, -0.2) is 0 Å². The number of rotatable bonds is 5. The number of aliphatic hydroxyl groups is 1. The van der Waals surface area contributed by atoms with Gasteiger partial charge in [-0.3, -0.25) is 14.9 Å². The molecule has 0 saturated carbocycles. The lowest BCUT2D eigenvalue weighted by atomic mass is 9.87. The molecule has 1 saturated heterocycles. The number of hydrogen-bond donors (Lipinski definition) is 1. The maximum atomic E-state index is 11.0. The molecule has 1 aliphatic heterocycles. The highest BCUT2D eigenvalue weighted by Crippen LogP contribution is 2.34. The molecule has 25 heavy (non-hydrogen) atoms. The first-order valence-corrected chi connectivity index (χ1v) is 8.49. The summed E-state index contributed by atoms with van der Waals surface area (Å²) in [4.78, 5) is 11.1. The van der Waals surface area contributed by atoms with Crippen LogP contribution in [0.4, 0.5) is 0 Å². The summed E-state index contributed by atoms with van der Waals surface area (Å²) in [6.07, 6.45) is 4.84. The number of nitrogens with zero attached hydrogens (tertiary/aromatic N) is 3. The fourth-order valence-electron chi connectivity index (χ4n) is 3.26. The van der Waals surface area contributed by atoms with E-state index in [1.165, 1.54) is 0 Å². The zero-order valence-corrected chi connectivity index (χ0v) is 15.0. The first kappa shape index (κ1) is 17.6. The van der Waals surface area contributed by atoms with Gasteiger partial charge < -0.3 is 14.6 Å². The molecule has 6 heteroatoms. The van der Waals surface area contributed by atoms with Crippen molar-refractivity contribution in [2.75, 3.05) is 27.3 Å². The van der Waals surface area contributed by atoms with Gasteiger partial charge in [0, 0.05) is 38.1 Å². The highest BCUT2D eigenvalue weighted by molar-refractivity contribution is 5.42. The van der Waals surface area contributed by atoms with Crippen LogP contribution in [0.5, 0.6) is 11.5 Å². The lowest BCUT2D eigenvalue weighted by molar-refractivity contribution is -0.0314. The number of piperidine rings is 1. The predicted octanol–water partition coefficient (Wildman–Crippen LogP) is 2.29. The minimum absolute atomic E-state index is 0.648. The summed E-state index contributed by atoms with van der Waals surface area (Å²) in [5.41, 5.74) is 1.85. The summed E-state index contributed by atoms with van der Waals surface area (Å²) in [6.45, 7) is 4.21. The van der Waals surface area contributed by atoms with Gasteiger partial charge in [0.25, 0.3) is 0 Å². The monoisotopic (exact) mass is 343 g/mol. The van der Waals surface area contributed by atoms with Gasteiger partial charge >= 0.3 is 0 Å². The summed E-state index contributed by atoms with van der Waals surface area (Å²) in [6, 6.07) is 5.72. The highest BCUT2D eigenvalue weighted by Gasteiger charge is 2.35. The van der Waals surface area contributed by atoms with Gasteiger partial charge in [-0.05, 0) is 31.4 Å². The Bertz CT molecular complexity index is 710. The van der Waals surface area contributed by atoms with E-state index in [9.17, 15) is 5.11 Å². The first-order chi connectivity index (χ1) is 12.1. The number of methoxy groups -OCH3 is 2. The average Bonchev–Trinajstić information content (AvgIpc) is 2.64. The van der Waals surface area contributed by atoms with E-state index in [4.69, 9.17) is 9.47 Å². The van der Waals surface area contributed by atoms with Crippen molar-refractivity contribution in [1.29, 1.82) is 0 Å². The molecule has 134 valence electrons. The van der Waals surface area contributed by atoms with Crippen molar-refractivity contribution in [2.24, 2.45) is 0 Å². The first-order valence-electron chi connectivity index (χ1n) is 8.49. The third kappa shape index (κ3) is 3.75. The lowest BCUT2D eigenvalue weighted by Gasteiger charge is -2.37. The Morgan fingerprint density at radius 1 is 1.12 bits per heavy atom. The van der Waals surface area contributed by atoms with Crippen LogP contribution in [0.1, 0.15) is 29.8 Å². The van der Waals surface area contributed by atoms with E-state index in [0.29, 0.717) is 30.9 Å². The number of hydrogen-bond acceptors (Lipinski definition) is 6. The Labute approximate surface area is 148 Å². The van der Waals surface area contributed by atoms with Crippen LogP contribution in [0.15, 0.2) is 30.6 Å². The molecule has 2 aromatic heterocycles. The smallest absolute Gasteiger partial charge is 0.183 e. The largest absolute Gasteiger partial charge is 0.493 e. The minimum Gasteiger partial charge on any atom is -0.493 e. The molecule has 1 fully saturated rings. The molecule has 0 aromatic carbocycles. The number of likely N-dealkylation sites (tertiary alicyclic amines) is 1. The second kappa shape index (κ2) is 7.37. The third-order valence-electron chi connectivity index (χ3n) is 4.81. The molecular weight excluding hydrogens is 318 g/mol. The SMILES string of the molecule is COc1ccnc(CN2CCC(O)(c3ccc(C)cn3)CC2)c1OC. The Balaban J connectivity index is 1.68. The van der Waals surface area contributed by atoms with Gasteiger partial charge in [-0.2, -0.15) is 0 Å². The zero-order chi connectivity index (χ0) is 17.9. The Hall–Kier alpha value is -2.18. The molecule has 3 rings (SSSR count). The predicted molar refractivity (Wildman–Crippen MR) is 94.7 cm³/mol. The number of aryl methyl sites for hydroxylation is 1. The Kier molecular flexibility index (Phi) is 5.20. The maximum absolute atomic E-state index is 11.0. The number of pyridine rings is 2. The van der Waals surface area contributed by atoms with Crippen LogP contribution in [-0.2, 0) is 12.1 Å². The van der Waals surface area contributed by atoms with E-state index in [-0.39, 0.29) is 0 Å². The van der Waals surface area contributed by atoms with E-state index in [1.807, 2.05) is 25.3 Å². The molecule has 0 radical (unpaired) electrons. The second-order valence-corrected chi connectivity index (χ2v) is 6.52. The van der Waals surface area contributed by atoms with Crippen LogP contribution in [0, 0.1) is 6.92 Å². The Morgan fingerprint density at radius 3 is 2.48 bits per heavy atom. The van der Waals surface area contributed by atoms with E-state index in [1.54, 1.807) is 26.5 Å². The summed E-state index contributed by atoms with van der Waals surface area (Å²) in [5, 5.41) is 11.0. The molecule has 6 nitrogen and oxygen atoms in total. The molecule has 1 N–H and O–H groups in total. The van der Waals surface area contributed by atoms with Crippen molar-refractivity contribution >= 4 is 0 Å². The molecule has 0 unspecified atom stereocenters. The molecule has 1 aliphatic rings. The molecule has 0 amide bonds. The van der Waals surface area contributed by atoms with Crippen LogP contribution in [0.25, 0.3) is 0 Å². The minimum atomic E-state index is -0.851. The zero-order valence-electron chi connectivity index (χ0n) is 15.0. The van der Waals surface area contributed by atoms with Crippen LogP contribution in [0.3, 0.4) is 0 Å². The van der Waals surface area contributed by atoms with Gasteiger partial charge in [-0.15, -0.1) is 0 Å². The lowest BCUT2D eigenvalue weighted by Crippen LogP contribution is -2.42. The highest BCUT2D eigenvalue weighted by atomic mass is 16.5. The van der Waals surface area contributed by atoms with Crippen molar-refractivity contribution in [3.05, 3.63) is 47.5 Å². The fraction of sp³-hybridized carbons (Fsp3) is 0.474. The van der Waals surface area contributed by atoms with Gasteiger partial charge in [-0.1, -0.05) is 6.07 Å². The summed E-state index contributed by atoms with van der Waals surface area (Å²) in [7, 11) is 3.25. The number of aromatic nitrogens is 2. The fourth-order valence-corrected chi connectivity index (χ4v) is 3.26. The van der Waals surface area contributed by atoms with E-state index >= 15 is 0 Å². The Morgan fingerprint density at radius 2 is 1.88 bits per heavy atom. The van der Waals surface area contributed by atoms with Crippen molar-refractivity contribution in [3.63, 3.8) is 0 Å². The number of ether oxygens (including phenoxy) is 2. The second-order valence-electron chi connectivity index (χ2n) is 6.52. The van der Waals surface area contributed by atoms with Gasteiger partial charge in [0.05, 0.1) is 19.9 Å². The molecule has 0 aliphatic carbocycles. The quantitative estimate of drug-likeness (QED) is 0.898. The molecule has 0 atom stereocenters. The van der Waals surface area contributed by atoms with E-state index in [0.717, 1.165) is 30.0 Å². The van der Waals surface area contributed by atoms with Crippen molar-refractivity contribution in [1.82, 2.24) is 14.9 Å². The third-order valence-corrected chi connectivity index (χ3v) is 4.81. The topological polar surface area (TPSA) is 67.7 Å². The normalized spacial score (nSPS) is 17.3. The molecule has 3 heterocycles. The summed E-state index contributed by atoms with van der Waals surface area (Å²) >= 11 is 0. The van der Waals surface area contributed by atoms with Crippen LogP contribution in [-0.4, -0.2) is 47.3 Å². The maximum Gasteiger partial charge on any atom is 0.183 e. The van der Waals surface area contributed by atoms with Crippen LogP contribution < -0.4 is 9.47 Å².